The summed E-state index contributed by atoms with van der Waals surface area (Å²) >= 11 is 7.58. The quantitative estimate of drug-likeness (QED) is 0.242. The third-order valence-electron chi connectivity index (χ3n) is 7.22. The van der Waals surface area contributed by atoms with Crippen LogP contribution in [0.3, 0.4) is 0 Å². The molecular formula is C30H30ClF2N3OS. The Labute approximate surface area is 230 Å². The molecule has 0 saturated heterocycles. The molecule has 4 aromatic rings. The van der Waals surface area contributed by atoms with Crippen LogP contribution in [0.25, 0.3) is 21.2 Å². The normalized spacial score (nSPS) is 17.6. The van der Waals surface area contributed by atoms with Crippen molar-refractivity contribution in [3.63, 3.8) is 0 Å². The predicted octanol–water partition coefficient (Wildman–Crippen LogP) is 7.85. The molecule has 0 bridgehead atoms. The highest BCUT2D eigenvalue weighted by atomic mass is 35.5. The van der Waals surface area contributed by atoms with Gasteiger partial charge in [0.05, 0.1) is 9.72 Å². The topological polar surface area (TPSA) is 45.2 Å². The molecule has 198 valence electrons. The average molecular weight is 554 g/mol. The Balaban J connectivity index is 1.47. The summed E-state index contributed by atoms with van der Waals surface area (Å²) in [7, 11) is 0. The zero-order valence-electron chi connectivity index (χ0n) is 21.2. The van der Waals surface area contributed by atoms with Crippen molar-refractivity contribution in [3.8, 4) is 11.1 Å². The van der Waals surface area contributed by atoms with Gasteiger partial charge in [-0.2, -0.15) is 0 Å². The van der Waals surface area contributed by atoms with Gasteiger partial charge in [0, 0.05) is 42.5 Å². The van der Waals surface area contributed by atoms with E-state index >= 15 is 0 Å². The second kappa shape index (κ2) is 11.9. The number of fused-ring (bicyclic) bond motifs is 1. The van der Waals surface area contributed by atoms with E-state index in [1.54, 1.807) is 12.4 Å². The van der Waals surface area contributed by atoms with E-state index in [0.29, 0.717) is 12.6 Å². The lowest BCUT2D eigenvalue weighted by molar-refractivity contribution is 0.0605. The fraction of sp³-hybridized carbons (Fsp3) is 0.333. The smallest absolute Gasteiger partial charge is 0.266 e. The maximum absolute atomic E-state index is 14.5. The molecule has 5 rings (SSSR count). The van der Waals surface area contributed by atoms with Crippen LogP contribution in [0, 0.1) is 11.6 Å². The third-order valence-corrected chi connectivity index (χ3v) is 8.92. The lowest BCUT2D eigenvalue weighted by Crippen LogP contribution is -2.45. The summed E-state index contributed by atoms with van der Waals surface area (Å²) in [4.78, 5) is 20.3. The van der Waals surface area contributed by atoms with Crippen LogP contribution in [0.1, 0.15) is 54.3 Å². The number of nitrogens with zero attached hydrogens (tertiary/aromatic N) is 2. The third kappa shape index (κ3) is 5.75. The van der Waals surface area contributed by atoms with E-state index in [-0.39, 0.29) is 31.9 Å². The van der Waals surface area contributed by atoms with Gasteiger partial charge in [0.2, 0.25) is 0 Å². The van der Waals surface area contributed by atoms with Crippen molar-refractivity contribution in [3.05, 3.63) is 88.0 Å². The first-order valence-corrected chi connectivity index (χ1v) is 14.2. The van der Waals surface area contributed by atoms with Crippen LogP contribution >= 0.6 is 22.9 Å². The predicted molar refractivity (Wildman–Crippen MR) is 151 cm³/mol. The molecule has 0 unspecified atom stereocenters. The second-order valence-corrected chi connectivity index (χ2v) is 11.2. The van der Waals surface area contributed by atoms with E-state index in [2.05, 4.69) is 23.3 Å². The Hall–Kier alpha value is -2.87. The zero-order valence-corrected chi connectivity index (χ0v) is 22.8. The van der Waals surface area contributed by atoms with Crippen molar-refractivity contribution in [1.29, 1.82) is 0 Å². The molecule has 38 heavy (non-hydrogen) atoms. The van der Waals surface area contributed by atoms with Gasteiger partial charge in [-0.15, -0.1) is 11.3 Å². The highest BCUT2D eigenvalue weighted by molar-refractivity contribution is 7.21. The van der Waals surface area contributed by atoms with Gasteiger partial charge in [-0.05, 0) is 79.6 Å². The van der Waals surface area contributed by atoms with Crippen molar-refractivity contribution in [2.75, 3.05) is 6.54 Å². The fourth-order valence-electron chi connectivity index (χ4n) is 5.26. The van der Waals surface area contributed by atoms with E-state index in [9.17, 15) is 13.6 Å². The van der Waals surface area contributed by atoms with Crippen molar-refractivity contribution in [1.82, 2.24) is 15.2 Å². The van der Waals surface area contributed by atoms with Crippen LogP contribution in [0.15, 0.2) is 60.9 Å². The molecule has 8 heteroatoms. The van der Waals surface area contributed by atoms with Gasteiger partial charge in [0.25, 0.3) is 5.91 Å². The van der Waals surface area contributed by atoms with Gasteiger partial charge in [-0.25, -0.2) is 8.78 Å². The maximum atomic E-state index is 14.5. The first kappa shape index (κ1) is 26.7. The summed E-state index contributed by atoms with van der Waals surface area (Å²) in [5.74, 6) is -1.66. The summed E-state index contributed by atoms with van der Waals surface area (Å²) in [6.45, 7) is 3.54. The Morgan fingerprint density at radius 2 is 1.84 bits per heavy atom. The lowest BCUT2D eigenvalue weighted by Gasteiger charge is -2.37. The molecule has 4 nitrogen and oxygen atoms in total. The van der Waals surface area contributed by atoms with E-state index in [0.717, 1.165) is 72.7 Å². The SMILES string of the molecule is CCCNC1CCC(N(Cc2cccc(-c3ccncc3)c2)C(=O)c2sc3c(F)cc(F)cc3c2Cl)CC1. The number of halogens is 3. The summed E-state index contributed by atoms with van der Waals surface area (Å²) < 4.78 is 28.7. The van der Waals surface area contributed by atoms with Crippen LogP contribution in [0.2, 0.25) is 5.02 Å². The van der Waals surface area contributed by atoms with Crippen LogP contribution in [0.5, 0.6) is 0 Å². The summed E-state index contributed by atoms with van der Waals surface area (Å²) in [5, 5.41) is 3.95. The number of nitrogens with one attached hydrogen (secondary N) is 1. The Morgan fingerprint density at radius 3 is 2.58 bits per heavy atom. The molecular weight excluding hydrogens is 524 g/mol. The summed E-state index contributed by atoms with van der Waals surface area (Å²) in [5.41, 5.74) is 3.09. The average Bonchev–Trinajstić information content (AvgIpc) is 3.27. The number of carbonyl (C=O) groups excluding carboxylic acids is 1. The highest BCUT2D eigenvalue weighted by Crippen LogP contribution is 2.39. The van der Waals surface area contributed by atoms with Gasteiger partial charge in [-0.1, -0.05) is 36.7 Å². The number of carbonyl (C=O) groups is 1. The molecule has 0 atom stereocenters. The fourth-order valence-corrected chi connectivity index (χ4v) is 6.70. The molecule has 2 heterocycles. The van der Waals surface area contributed by atoms with E-state index in [1.165, 1.54) is 6.07 Å². The van der Waals surface area contributed by atoms with Crippen LogP contribution in [-0.2, 0) is 6.54 Å². The van der Waals surface area contributed by atoms with Gasteiger partial charge in [-0.3, -0.25) is 9.78 Å². The Kier molecular flexibility index (Phi) is 8.36. The number of benzene rings is 2. The molecule has 0 spiro atoms. The minimum atomic E-state index is -0.712. The van der Waals surface area contributed by atoms with Crippen LogP contribution in [-0.4, -0.2) is 34.4 Å². The number of amides is 1. The lowest BCUT2D eigenvalue weighted by atomic mass is 9.89. The van der Waals surface area contributed by atoms with Crippen LogP contribution in [0.4, 0.5) is 8.78 Å². The number of rotatable bonds is 8. The molecule has 2 aromatic heterocycles. The Morgan fingerprint density at radius 1 is 1.08 bits per heavy atom. The second-order valence-electron chi connectivity index (χ2n) is 9.84. The molecule has 1 N–H and O–H groups in total. The van der Waals surface area contributed by atoms with Gasteiger partial charge in [0.15, 0.2) is 0 Å². The van der Waals surface area contributed by atoms with E-state index < -0.39 is 11.6 Å². The molecule has 1 saturated carbocycles. The molecule has 0 radical (unpaired) electrons. The van der Waals surface area contributed by atoms with Gasteiger partial charge in [0.1, 0.15) is 16.5 Å². The van der Waals surface area contributed by atoms with Crippen molar-refractivity contribution >= 4 is 38.9 Å². The summed E-state index contributed by atoms with van der Waals surface area (Å²) in [6.07, 6.45) is 8.28. The van der Waals surface area contributed by atoms with Gasteiger partial charge < -0.3 is 10.2 Å². The molecule has 0 aliphatic heterocycles. The number of aromatic nitrogens is 1. The van der Waals surface area contributed by atoms with E-state index in [1.807, 2.05) is 35.2 Å². The van der Waals surface area contributed by atoms with Crippen molar-refractivity contribution < 1.29 is 13.6 Å². The number of hydrogen-bond acceptors (Lipinski definition) is 4. The zero-order chi connectivity index (χ0) is 26.6. The standard InChI is InChI=1S/C30H30ClF2N3OS/c1-2-12-35-23-6-8-24(9-7-23)36(18-19-4-3-5-21(15-19)20-10-13-34-14-11-20)30(37)29-27(31)25-16-22(32)17-26(33)28(25)38-29/h3-5,10-11,13-17,23-24,35H,2,6-9,12,18H2,1H3. The van der Waals surface area contributed by atoms with Crippen molar-refractivity contribution in [2.24, 2.45) is 0 Å². The van der Waals surface area contributed by atoms with Crippen molar-refractivity contribution in [2.45, 2.75) is 57.7 Å². The minimum Gasteiger partial charge on any atom is -0.331 e. The minimum absolute atomic E-state index is 0.0228. The molecule has 1 fully saturated rings. The largest absolute Gasteiger partial charge is 0.331 e. The van der Waals surface area contributed by atoms with Gasteiger partial charge >= 0.3 is 0 Å². The summed E-state index contributed by atoms with van der Waals surface area (Å²) in [6, 6.07) is 14.5. The number of hydrogen-bond donors (Lipinski definition) is 1. The number of pyridine rings is 1. The first-order valence-electron chi connectivity index (χ1n) is 13.0. The number of thiophene rings is 1. The molecule has 1 aliphatic carbocycles. The maximum Gasteiger partial charge on any atom is 0.266 e. The monoisotopic (exact) mass is 553 g/mol. The van der Waals surface area contributed by atoms with E-state index in [4.69, 9.17) is 11.6 Å². The molecule has 1 aliphatic rings. The highest BCUT2D eigenvalue weighted by Gasteiger charge is 2.32. The first-order chi connectivity index (χ1) is 18.4. The molecule has 2 aromatic carbocycles. The van der Waals surface area contributed by atoms with Crippen LogP contribution < -0.4 is 5.32 Å². The Bertz CT molecular complexity index is 1420. The molecule has 1 amide bonds.